The van der Waals surface area contributed by atoms with E-state index >= 15 is 0 Å². The zero-order chi connectivity index (χ0) is 15.4. The van der Waals surface area contributed by atoms with Crippen molar-refractivity contribution in [3.8, 4) is 0 Å². The molecule has 1 atom stereocenters. The van der Waals surface area contributed by atoms with Gasteiger partial charge in [-0.25, -0.2) is 0 Å². The molecule has 1 aliphatic rings. The normalized spacial score (nSPS) is 18.5. The van der Waals surface area contributed by atoms with Gasteiger partial charge < -0.3 is 19.9 Å². The van der Waals surface area contributed by atoms with Gasteiger partial charge in [0.2, 0.25) is 5.91 Å². The third kappa shape index (κ3) is 3.48. The number of carbonyl (C=O) groups is 1. The van der Waals surface area contributed by atoms with Gasteiger partial charge in [-0.15, -0.1) is 0 Å². The van der Waals surface area contributed by atoms with Gasteiger partial charge in [0.25, 0.3) is 0 Å². The molecule has 0 bridgehead atoms. The molecule has 0 radical (unpaired) electrons. The summed E-state index contributed by atoms with van der Waals surface area (Å²) in [6.07, 6.45) is 3.63. The minimum atomic E-state index is 0.0240. The summed E-state index contributed by atoms with van der Waals surface area (Å²) in [5.74, 6) is 0.0240. The van der Waals surface area contributed by atoms with Gasteiger partial charge in [-0.05, 0) is 30.0 Å². The van der Waals surface area contributed by atoms with Crippen LogP contribution in [0.1, 0.15) is 19.8 Å². The minimum absolute atomic E-state index is 0.0240. The molecule has 1 amide bonds. The predicted octanol–water partition coefficient (Wildman–Crippen LogP) is 2.37. The lowest BCUT2D eigenvalue weighted by Crippen LogP contribution is -2.43. The number of anilines is 1. The minimum Gasteiger partial charge on any atom is -0.378 e. The molecule has 5 nitrogen and oxygen atoms in total. The Bertz CT molecular complexity index is 644. The van der Waals surface area contributed by atoms with Gasteiger partial charge in [0.1, 0.15) is 0 Å². The number of aryl methyl sites for hydroxylation is 1. The van der Waals surface area contributed by atoms with Crippen molar-refractivity contribution in [3.63, 3.8) is 0 Å². The van der Waals surface area contributed by atoms with Gasteiger partial charge in [-0.3, -0.25) is 4.79 Å². The van der Waals surface area contributed by atoms with E-state index in [1.165, 1.54) is 10.9 Å². The van der Waals surface area contributed by atoms with Crippen molar-refractivity contribution >= 4 is 22.5 Å². The summed E-state index contributed by atoms with van der Waals surface area (Å²) in [5.41, 5.74) is 2.02. The second-order valence-electron chi connectivity index (χ2n) is 5.76. The van der Waals surface area contributed by atoms with Gasteiger partial charge >= 0.3 is 0 Å². The van der Waals surface area contributed by atoms with Crippen LogP contribution in [0.25, 0.3) is 10.9 Å². The summed E-state index contributed by atoms with van der Waals surface area (Å²) < 4.78 is 7.60. The SMILES string of the molecule is CCCn1ccc2ccc(NC(=O)CC3COCCN3)cc21. The molecule has 2 heterocycles. The molecule has 118 valence electrons. The standard InChI is InChI=1S/C17H23N3O2/c1-2-7-20-8-5-13-3-4-14(10-16(13)20)19-17(21)11-15-12-22-9-6-18-15/h3-5,8,10,15,18H,2,6-7,9,11-12H2,1H3,(H,19,21). The van der Waals surface area contributed by atoms with Crippen LogP contribution >= 0.6 is 0 Å². The van der Waals surface area contributed by atoms with Gasteiger partial charge in [-0.2, -0.15) is 0 Å². The molecule has 0 aliphatic carbocycles. The van der Waals surface area contributed by atoms with E-state index in [9.17, 15) is 4.79 Å². The third-order valence-electron chi connectivity index (χ3n) is 3.95. The van der Waals surface area contributed by atoms with E-state index in [1.54, 1.807) is 0 Å². The number of fused-ring (bicyclic) bond motifs is 1. The number of aromatic nitrogens is 1. The topological polar surface area (TPSA) is 55.3 Å². The van der Waals surface area contributed by atoms with Crippen molar-refractivity contribution < 1.29 is 9.53 Å². The molecule has 1 aromatic heterocycles. The van der Waals surface area contributed by atoms with Crippen LogP contribution in [-0.4, -0.2) is 36.3 Å². The summed E-state index contributed by atoms with van der Waals surface area (Å²) in [7, 11) is 0. The number of nitrogens with zero attached hydrogens (tertiary/aromatic N) is 1. The van der Waals surface area contributed by atoms with E-state index in [0.717, 1.165) is 31.8 Å². The Labute approximate surface area is 130 Å². The largest absolute Gasteiger partial charge is 0.378 e. The van der Waals surface area contributed by atoms with Crippen LogP contribution < -0.4 is 10.6 Å². The van der Waals surface area contributed by atoms with E-state index in [2.05, 4.69) is 40.5 Å². The van der Waals surface area contributed by atoms with Crippen LogP contribution in [0.2, 0.25) is 0 Å². The van der Waals surface area contributed by atoms with Gasteiger partial charge in [0, 0.05) is 37.4 Å². The average molecular weight is 301 g/mol. The first kappa shape index (κ1) is 15.1. The lowest BCUT2D eigenvalue weighted by Gasteiger charge is -2.23. The Morgan fingerprint density at radius 2 is 2.36 bits per heavy atom. The lowest BCUT2D eigenvalue weighted by molar-refractivity contribution is -0.117. The number of morpholine rings is 1. The molecule has 2 aromatic rings. The number of ether oxygens (including phenoxy) is 1. The summed E-state index contributed by atoms with van der Waals surface area (Å²) in [6, 6.07) is 8.29. The van der Waals surface area contributed by atoms with Crippen molar-refractivity contribution in [2.45, 2.75) is 32.4 Å². The van der Waals surface area contributed by atoms with Crippen LogP contribution in [0, 0.1) is 0 Å². The molecule has 1 saturated heterocycles. The molecule has 1 aliphatic heterocycles. The molecule has 1 fully saturated rings. The number of hydrogen-bond donors (Lipinski definition) is 2. The highest BCUT2D eigenvalue weighted by molar-refractivity contribution is 5.94. The van der Waals surface area contributed by atoms with E-state index < -0.39 is 0 Å². The van der Waals surface area contributed by atoms with Gasteiger partial charge in [0.15, 0.2) is 0 Å². The predicted molar refractivity (Wildman–Crippen MR) is 88.1 cm³/mol. The number of hydrogen-bond acceptors (Lipinski definition) is 3. The van der Waals surface area contributed by atoms with Crippen molar-refractivity contribution in [1.82, 2.24) is 9.88 Å². The molecule has 0 spiro atoms. The number of nitrogens with one attached hydrogen (secondary N) is 2. The fourth-order valence-corrected chi connectivity index (χ4v) is 2.88. The Balaban J connectivity index is 1.67. The summed E-state index contributed by atoms with van der Waals surface area (Å²) in [6.45, 7) is 5.30. The molecule has 2 N–H and O–H groups in total. The Hall–Kier alpha value is -1.85. The van der Waals surface area contributed by atoms with E-state index in [4.69, 9.17) is 4.74 Å². The van der Waals surface area contributed by atoms with Crippen LogP contribution in [0.15, 0.2) is 30.5 Å². The van der Waals surface area contributed by atoms with Gasteiger partial charge in [-0.1, -0.05) is 13.0 Å². The van der Waals surface area contributed by atoms with Crippen LogP contribution in [0.5, 0.6) is 0 Å². The highest BCUT2D eigenvalue weighted by Gasteiger charge is 2.17. The zero-order valence-electron chi connectivity index (χ0n) is 13.0. The van der Waals surface area contributed by atoms with Crippen molar-refractivity contribution in [2.75, 3.05) is 25.1 Å². The molecule has 1 unspecified atom stereocenters. The first-order valence-corrected chi connectivity index (χ1v) is 7.96. The maximum Gasteiger partial charge on any atom is 0.226 e. The van der Waals surface area contributed by atoms with Crippen molar-refractivity contribution in [1.29, 1.82) is 0 Å². The van der Waals surface area contributed by atoms with E-state index in [-0.39, 0.29) is 11.9 Å². The number of carbonyl (C=O) groups excluding carboxylic acids is 1. The summed E-state index contributed by atoms with van der Waals surface area (Å²) in [4.78, 5) is 12.2. The smallest absolute Gasteiger partial charge is 0.226 e. The van der Waals surface area contributed by atoms with Crippen LogP contribution in [0.3, 0.4) is 0 Å². The molecule has 0 saturated carbocycles. The first-order chi connectivity index (χ1) is 10.8. The first-order valence-electron chi connectivity index (χ1n) is 7.96. The Kier molecular flexibility index (Phi) is 4.75. The fraction of sp³-hybridized carbons (Fsp3) is 0.471. The van der Waals surface area contributed by atoms with Gasteiger partial charge in [0.05, 0.1) is 18.7 Å². The highest BCUT2D eigenvalue weighted by Crippen LogP contribution is 2.21. The maximum absolute atomic E-state index is 12.2. The molecule has 1 aromatic carbocycles. The number of rotatable bonds is 5. The van der Waals surface area contributed by atoms with Crippen LogP contribution in [0.4, 0.5) is 5.69 Å². The van der Waals surface area contributed by atoms with Crippen molar-refractivity contribution in [2.24, 2.45) is 0 Å². The summed E-state index contributed by atoms with van der Waals surface area (Å²) in [5, 5.41) is 7.49. The number of benzene rings is 1. The second kappa shape index (κ2) is 6.94. The lowest BCUT2D eigenvalue weighted by atomic mass is 10.2. The summed E-state index contributed by atoms with van der Waals surface area (Å²) >= 11 is 0. The quantitative estimate of drug-likeness (QED) is 0.891. The maximum atomic E-state index is 12.2. The van der Waals surface area contributed by atoms with E-state index in [1.807, 2.05) is 12.1 Å². The second-order valence-corrected chi connectivity index (χ2v) is 5.76. The van der Waals surface area contributed by atoms with E-state index in [0.29, 0.717) is 13.0 Å². The van der Waals surface area contributed by atoms with Crippen LogP contribution in [-0.2, 0) is 16.1 Å². The third-order valence-corrected chi connectivity index (χ3v) is 3.95. The molecule has 22 heavy (non-hydrogen) atoms. The fourth-order valence-electron chi connectivity index (χ4n) is 2.88. The number of amides is 1. The Morgan fingerprint density at radius 1 is 1.45 bits per heavy atom. The monoisotopic (exact) mass is 301 g/mol. The molecular formula is C17H23N3O2. The molecule has 5 heteroatoms. The zero-order valence-corrected chi connectivity index (χ0v) is 13.0. The molecule has 3 rings (SSSR count). The highest BCUT2D eigenvalue weighted by atomic mass is 16.5. The van der Waals surface area contributed by atoms with Crippen molar-refractivity contribution in [3.05, 3.63) is 30.5 Å². The average Bonchev–Trinajstić information content (AvgIpc) is 2.91. The Morgan fingerprint density at radius 3 is 3.14 bits per heavy atom. The molecular weight excluding hydrogens is 278 g/mol.